The topological polar surface area (TPSA) is 59.0 Å². The number of ketones is 1. The van der Waals surface area contributed by atoms with Gasteiger partial charge in [-0.15, -0.1) is 6.58 Å². The average Bonchev–Trinajstić information content (AvgIpc) is 3.19. The maximum Gasteiger partial charge on any atom is 0.162 e. The number of carbonyl (C=O) groups excluding carboxylic acids is 1. The second-order valence-electron chi connectivity index (χ2n) is 12.1. The summed E-state index contributed by atoms with van der Waals surface area (Å²) < 4.78 is 13.7. The van der Waals surface area contributed by atoms with Crippen molar-refractivity contribution in [2.75, 3.05) is 19.7 Å². The first-order chi connectivity index (χ1) is 16.1. The molecule has 2 saturated heterocycles. The minimum absolute atomic E-state index is 0.187. The van der Waals surface area contributed by atoms with Crippen LogP contribution in [-0.2, 0) is 14.3 Å². The van der Waals surface area contributed by atoms with Gasteiger partial charge in [-0.2, -0.15) is 0 Å². The third-order valence-corrected chi connectivity index (χ3v) is 10.8. The third kappa shape index (κ3) is 3.28. The number of aliphatic hydroxyl groups is 1. The smallest absolute Gasteiger partial charge is 0.162 e. The zero-order valence-electron chi connectivity index (χ0n) is 20.3. The highest BCUT2D eigenvalue weighted by Gasteiger charge is 2.78. The lowest BCUT2D eigenvalue weighted by atomic mass is 9.42. The van der Waals surface area contributed by atoms with E-state index in [2.05, 4.69) is 11.5 Å². The van der Waals surface area contributed by atoms with Gasteiger partial charge in [0.05, 0.1) is 17.8 Å². The zero-order valence-corrected chi connectivity index (χ0v) is 20.3. The molecular formula is C28H43NO4. The molecule has 5 nitrogen and oxygen atoms in total. The highest BCUT2D eigenvalue weighted by molar-refractivity contribution is 5.86. The molecule has 4 aliphatic carbocycles. The Morgan fingerprint density at radius 3 is 2.85 bits per heavy atom. The SMILES string of the molecule is C=CCN1CC[C@]23C4C5CCC(O)C4O[C@H]2C(=O)CC[C@@]3(OCCCC2CCCCC2)C1C5. The van der Waals surface area contributed by atoms with Gasteiger partial charge in [-0.25, -0.2) is 0 Å². The number of aliphatic hydroxyl groups excluding tert-OH is 1. The van der Waals surface area contributed by atoms with Crippen molar-refractivity contribution in [2.45, 2.75) is 113 Å². The van der Waals surface area contributed by atoms with Crippen LogP contribution in [0.3, 0.4) is 0 Å². The predicted octanol–water partition coefficient (Wildman–Crippen LogP) is 4.27. The molecule has 2 bridgehead atoms. The number of rotatable bonds is 7. The van der Waals surface area contributed by atoms with Crippen LogP contribution in [0.2, 0.25) is 0 Å². The Hall–Kier alpha value is -0.750. The second kappa shape index (κ2) is 8.72. The van der Waals surface area contributed by atoms with E-state index in [4.69, 9.17) is 9.47 Å². The van der Waals surface area contributed by atoms with Crippen LogP contribution in [0, 0.1) is 23.2 Å². The molecule has 2 aliphatic heterocycles. The molecule has 0 amide bonds. The van der Waals surface area contributed by atoms with Crippen molar-refractivity contribution >= 4 is 5.78 Å². The molecule has 1 N–H and O–H groups in total. The van der Waals surface area contributed by atoms with Gasteiger partial charge in [-0.1, -0.05) is 38.2 Å². The van der Waals surface area contributed by atoms with Crippen molar-refractivity contribution in [2.24, 2.45) is 23.2 Å². The summed E-state index contributed by atoms with van der Waals surface area (Å²) >= 11 is 0. The molecule has 33 heavy (non-hydrogen) atoms. The third-order valence-electron chi connectivity index (χ3n) is 10.8. The standard InChI is InChI=1S/C28H43NO4/c1-2-15-29-16-14-27-24-20-10-11-21(30)25(24)33-26(27)22(31)12-13-28(27,23(29)18-20)32-17-6-9-19-7-4-3-5-8-19/h2,19-21,23-26,30H,1,3-18H2/t20?,21?,23?,24?,25?,26-,27-,28+/m0/s1. The number of Topliss-reactive ketones (excluding diaryl/α,β-unsaturated/α-hetero) is 1. The molecular weight excluding hydrogens is 414 g/mol. The lowest BCUT2D eigenvalue weighted by molar-refractivity contribution is -0.271. The number of ether oxygens (including phenoxy) is 2. The minimum atomic E-state index is -0.439. The van der Waals surface area contributed by atoms with E-state index in [1.165, 1.54) is 38.5 Å². The molecule has 5 unspecified atom stereocenters. The second-order valence-corrected chi connectivity index (χ2v) is 12.1. The molecule has 0 radical (unpaired) electrons. The Balaban J connectivity index is 1.32. The molecule has 5 heteroatoms. The van der Waals surface area contributed by atoms with E-state index in [1.807, 2.05) is 6.08 Å². The maximum absolute atomic E-state index is 13.3. The Morgan fingerprint density at radius 2 is 2.03 bits per heavy atom. The number of hydrogen-bond acceptors (Lipinski definition) is 5. The lowest BCUT2D eigenvalue weighted by Crippen LogP contribution is -2.78. The zero-order chi connectivity index (χ0) is 22.6. The van der Waals surface area contributed by atoms with Gasteiger partial charge in [0, 0.05) is 36.9 Å². The molecule has 4 saturated carbocycles. The molecule has 1 spiro atoms. The predicted molar refractivity (Wildman–Crippen MR) is 127 cm³/mol. The first kappa shape index (κ1) is 22.7. The van der Waals surface area contributed by atoms with E-state index >= 15 is 0 Å². The first-order valence-corrected chi connectivity index (χ1v) is 14.0. The van der Waals surface area contributed by atoms with Crippen LogP contribution in [-0.4, -0.2) is 65.4 Å². The molecule has 6 fully saturated rings. The number of carbonyl (C=O) groups is 1. The van der Waals surface area contributed by atoms with Crippen LogP contribution in [0.15, 0.2) is 12.7 Å². The van der Waals surface area contributed by atoms with Crippen LogP contribution < -0.4 is 0 Å². The molecule has 0 aromatic heterocycles. The van der Waals surface area contributed by atoms with Crippen LogP contribution in [0.1, 0.15) is 83.5 Å². The van der Waals surface area contributed by atoms with Crippen LogP contribution in [0.25, 0.3) is 0 Å². The van der Waals surface area contributed by atoms with Crippen molar-refractivity contribution in [1.82, 2.24) is 4.90 Å². The number of likely N-dealkylation sites (tertiary alicyclic amines) is 1. The van der Waals surface area contributed by atoms with E-state index in [0.717, 1.165) is 64.1 Å². The fraction of sp³-hybridized carbons (Fsp3) is 0.893. The van der Waals surface area contributed by atoms with Gasteiger partial charge < -0.3 is 14.6 Å². The van der Waals surface area contributed by atoms with Gasteiger partial charge in [0.15, 0.2) is 5.78 Å². The van der Waals surface area contributed by atoms with Crippen molar-refractivity contribution < 1.29 is 19.4 Å². The number of piperidine rings is 1. The lowest BCUT2D eigenvalue weighted by Gasteiger charge is -2.68. The van der Waals surface area contributed by atoms with Crippen LogP contribution in [0.5, 0.6) is 0 Å². The molecule has 0 aromatic rings. The summed E-state index contributed by atoms with van der Waals surface area (Å²) in [6.45, 7) is 6.70. The van der Waals surface area contributed by atoms with E-state index < -0.39 is 6.10 Å². The number of hydrogen-bond donors (Lipinski definition) is 1. The van der Waals surface area contributed by atoms with Gasteiger partial charge in [0.25, 0.3) is 0 Å². The summed E-state index contributed by atoms with van der Waals surface area (Å²) in [5.41, 5.74) is -0.586. The van der Waals surface area contributed by atoms with Crippen LogP contribution in [0.4, 0.5) is 0 Å². The van der Waals surface area contributed by atoms with Gasteiger partial charge in [0.2, 0.25) is 0 Å². The van der Waals surface area contributed by atoms with E-state index in [9.17, 15) is 9.90 Å². The molecule has 184 valence electrons. The largest absolute Gasteiger partial charge is 0.390 e. The van der Waals surface area contributed by atoms with Crippen molar-refractivity contribution in [3.8, 4) is 0 Å². The van der Waals surface area contributed by atoms with Gasteiger partial charge in [0.1, 0.15) is 6.10 Å². The Kier molecular flexibility index (Phi) is 6.00. The first-order valence-electron chi connectivity index (χ1n) is 14.0. The quantitative estimate of drug-likeness (QED) is 0.457. The average molecular weight is 458 g/mol. The summed E-state index contributed by atoms with van der Waals surface area (Å²) in [6.07, 6.45) is 15.7. The van der Waals surface area contributed by atoms with Crippen LogP contribution >= 0.6 is 0 Å². The van der Waals surface area contributed by atoms with Crippen molar-refractivity contribution in [3.05, 3.63) is 12.7 Å². The van der Waals surface area contributed by atoms with Gasteiger partial charge in [-0.05, 0) is 63.3 Å². The van der Waals surface area contributed by atoms with E-state index in [1.54, 1.807) is 0 Å². The summed E-state index contributed by atoms with van der Waals surface area (Å²) in [6, 6.07) is 0.327. The van der Waals surface area contributed by atoms with Gasteiger partial charge in [-0.3, -0.25) is 9.69 Å². The van der Waals surface area contributed by atoms with E-state index in [-0.39, 0.29) is 34.9 Å². The highest BCUT2D eigenvalue weighted by Crippen LogP contribution is 2.70. The normalized spacial score (nSPS) is 47.4. The Bertz CT molecular complexity index is 765. The molecule has 6 aliphatic rings. The molecule has 8 atom stereocenters. The summed E-state index contributed by atoms with van der Waals surface area (Å²) in [7, 11) is 0. The number of nitrogens with zero attached hydrogens (tertiary/aromatic N) is 1. The van der Waals surface area contributed by atoms with E-state index in [0.29, 0.717) is 18.4 Å². The molecule has 6 rings (SSSR count). The summed E-state index contributed by atoms with van der Waals surface area (Å²) in [4.78, 5) is 15.9. The monoisotopic (exact) mass is 457 g/mol. The minimum Gasteiger partial charge on any atom is -0.390 e. The fourth-order valence-electron chi connectivity index (χ4n) is 9.56. The van der Waals surface area contributed by atoms with Gasteiger partial charge >= 0.3 is 0 Å². The summed E-state index contributed by atoms with van der Waals surface area (Å²) in [5, 5.41) is 10.9. The Morgan fingerprint density at radius 1 is 1.18 bits per heavy atom. The fourth-order valence-corrected chi connectivity index (χ4v) is 9.56. The highest BCUT2D eigenvalue weighted by atomic mass is 16.5. The summed E-state index contributed by atoms with van der Waals surface area (Å²) in [5.74, 6) is 1.91. The van der Waals surface area contributed by atoms with Crippen molar-refractivity contribution in [1.29, 1.82) is 0 Å². The van der Waals surface area contributed by atoms with Crippen molar-refractivity contribution in [3.63, 3.8) is 0 Å². The Labute approximate surface area is 199 Å². The molecule has 2 heterocycles. The maximum atomic E-state index is 13.3. The molecule has 0 aromatic carbocycles.